The molecule has 0 aliphatic carbocycles. The van der Waals surface area contributed by atoms with E-state index in [2.05, 4.69) is 28.7 Å². The summed E-state index contributed by atoms with van der Waals surface area (Å²) in [6.07, 6.45) is 6.21. The first-order valence-electron chi connectivity index (χ1n) is 6.11. The van der Waals surface area contributed by atoms with Gasteiger partial charge in [-0.3, -0.25) is 0 Å². The summed E-state index contributed by atoms with van der Waals surface area (Å²) in [7, 11) is 0. The third kappa shape index (κ3) is 2.98. The van der Waals surface area contributed by atoms with Gasteiger partial charge in [0.1, 0.15) is 0 Å². The minimum Gasteiger partial charge on any atom is -0.379 e. The van der Waals surface area contributed by atoms with E-state index in [1.165, 1.54) is 6.42 Å². The van der Waals surface area contributed by atoms with Crippen LogP contribution in [0.2, 0.25) is 0 Å². The maximum Gasteiger partial charge on any atom is 0.203 e. The molecule has 0 bridgehead atoms. The summed E-state index contributed by atoms with van der Waals surface area (Å²) >= 11 is 0. The van der Waals surface area contributed by atoms with Gasteiger partial charge in [-0.1, -0.05) is 13.8 Å². The average molecular weight is 223 g/mol. The van der Waals surface area contributed by atoms with Crippen molar-refractivity contribution in [2.24, 2.45) is 5.92 Å². The number of anilines is 1. The Morgan fingerprint density at radius 2 is 2.50 bits per heavy atom. The third-order valence-corrected chi connectivity index (χ3v) is 2.77. The van der Waals surface area contributed by atoms with Crippen LogP contribution in [0, 0.1) is 5.92 Å². The van der Waals surface area contributed by atoms with Crippen molar-refractivity contribution in [3.05, 3.63) is 12.4 Å². The van der Waals surface area contributed by atoms with Gasteiger partial charge in [-0.15, -0.1) is 0 Å². The molecule has 4 heteroatoms. The van der Waals surface area contributed by atoms with Crippen LogP contribution in [-0.2, 0) is 11.3 Å². The minimum atomic E-state index is 0.419. The van der Waals surface area contributed by atoms with Crippen molar-refractivity contribution < 1.29 is 4.74 Å². The molecule has 0 aromatic carbocycles. The Morgan fingerprint density at radius 3 is 3.19 bits per heavy atom. The van der Waals surface area contributed by atoms with Gasteiger partial charge in [-0.25, -0.2) is 4.98 Å². The second-order valence-corrected chi connectivity index (χ2v) is 4.86. The maximum atomic E-state index is 5.45. The molecule has 1 N–H and O–H groups in total. The molecule has 2 rings (SSSR count). The Morgan fingerprint density at radius 1 is 1.62 bits per heavy atom. The maximum absolute atomic E-state index is 5.45. The molecule has 1 aliphatic rings. The standard InChI is InChI=1S/C12H21N3O/c1-10(2)8-15-6-5-13-12(15)14-11-4-3-7-16-9-11/h5-6,10-11H,3-4,7-9H2,1-2H3,(H,13,14). The molecule has 1 aromatic rings. The van der Waals surface area contributed by atoms with E-state index in [4.69, 9.17) is 4.74 Å². The van der Waals surface area contributed by atoms with Crippen LogP contribution in [0.25, 0.3) is 0 Å². The van der Waals surface area contributed by atoms with Gasteiger partial charge in [0.15, 0.2) is 0 Å². The van der Waals surface area contributed by atoms with Crippen LogP contribution >= 0.6 is 0 Å². The Hall–Kier alpha value is -1.03. The Kier molecular flexibility index (Phi) is 3.83. The van der Waals surface area contributed by atoms with Gasteiger partial charge in [-0.05, 0) is 18.8 Å². The van der Waals surface area contributed by atoms with Gasteiger partial charge >= 0.3 is 0 Å². The predicted octanol–water partition coefficient (Wildman–Crippen LogP) is 2.13. The lowest BCUT2D eigenvalue weighted by molar-refractivity contribution is 0.0873. The molecular weight excluding hydrogens is 202 g/mol. The van der Waals surface area contributed by atoms with Gasteiger partial charge < -0.3 is 14.6 Å². The van der Waals surface area contributed by atoms with E-state index in [0.717, 1.165) is 32.1 Å². The first kappa shape index (κ1) is 11.5. The highest BCUT2D eigenvalue weighted by Crippen LogP contribution is 2.14. The number of nitrogens with zero attached hydrogens (tertiary/aromatic N) is 2. The Labute approximate surface area is 97.0 Å². The van der Waals surface area contributed by atoms with Gasteiger partial charge in [-0.2, -0.15) is 0 Å². The smallest absolute Gasteiger partial charge is 0.203 e. The molecule has 1 fully saturated rings. The number of hydrogen-bond acceptors (Lipinski definition) is 3. The van der Waals surface area contributed by atoms with Crippen molar-refractivity contribution in [3.8, 4) is 0 Å². The Bertz CT molecular complexity index is 316. The molecule has 0 saturated carbocycles. The third-order valence-electron chi connectivity index (χ3n) is 2.77. The molecule has 0 radical (unpaired) electrons. The summed E-state index contributed by atoms with van der Waals surface area (Å²) in [6, 6.07) is 0.419. The van der Waals surface area contributed by atoms with Crippen LogP contribution in [0.5, 0.6) is 0 Å². The lowest BCUT2D eigenvalue weighted by atomic mass is 10.1. The van der Waals surface area contributed by atoms with E-state index in [9.17, 15) is 0 Å². The molecule has 2 heterocycles. The molecule has 1 atom stereocenters. The van der Waals surface area contributed by atoms with Crippen LogP contribution in [0.4, 0.5) is 5.95 Å². The number of nitrogens with one attached hydrogen (secondary N) is 1. The highest BCUT2D eigenvalue weighted by Gasteiger charge is 2.15. The van der Waals surface area contributed by atoms with Crippen molar-refractivity contribution in [1.29, 1.82) is 0 Å². The number of rotatable bonds is 4. The lowest BCUT2D eigenvalue weighted by Gasteiger charge is -2.24. The summed E-state index contributed by atoms with van der Waals surface area (Å²) < 4.78 is 7.63. The lowest BCUT2D eigenvalue weighted by Crippen LogP contribution is -2.31. The molecule has 0 amide bonds. The molecule has 16 heavy (non-hydrogen) atoms. The van der Waals surface area contributed by atoms with Gasteiger partial charge in [0, 0.05) is 25.5 Å². The topological polar surface area (TPSA) is 39.1 Å². The van der Waals surface area contributed by atoms with Crippen LogP contribution in [0.15, 0.2) is 12.4 Å². The van der Waals surface area contributed by atoms with E-state index >= 15 is 0 Å². The molecule has 1 unspecified atom stereocenters. The van der Waals surface area contributed by atoms with Crippen LogP contribution in [0.1, 0.15) is 26.7 Å². The fraction of sp³-hybridized carbons (Fsp3) is 0.750. The van der Waals surface area contributed by atoms with Crippen molar-refractivity contribution >= 4 is 5.95 Å². The van der Waals surface area contributed by atoms with Crippen LogP contribution in [-0.4, -0.2) is 28.8 Å². The van der Waals surface area contributed by atoms with Crippen molar-refractivity contribution in [1.82, 2.24) is 9.55 Å². The molecule has 0 spiro atoms. The SMILES string of the molecule is CC(C)Cn1ccnc1NC1CCCOC1. The zero-order valence-electron chi connectivity index (χ0n) is 10.1. The van der Waals surface area contributed by atoms with E-state index in [1.807, 2.05) is 12.4 Å². The van der Waals surface area contributed by atoms with Gasteiger partial charge in [0.2, 0.25) is 5.95 Å². The second kappa shape index (κ2) is 5.34. The number of aromatic nitrogens is 2. The summed E-state index contributed by atoms with van der Waals surface area (Å²) in [5, 5.41) is 3.46. The summed E-state index contributed by atoms with van der Waals surface area (Å²) in [5.74, 6) is 1.61. The van der Waals surface area contributed by atoms with Gasteiger partial charge in [0.25, 0.3) is 0 Å². The highest BCUT2D eigenvalue weighted by atomic mass is 16.5. The summed E-state index contributed by atoms with van der Waals surface area (Å²) in [6.45, 7) is 7.14. The number of hydrogen-bond donors (Lipinski definition) is 1. The highest BCUT2D eigenvalue weighted by molar-refractivity contribution is 5.27. The van der Waals surface area contributed by atoms with Crippen molar-refractivity contribution in [3.63, 3.8) is 0 Å². The van der Waals surface area contributed by atoms with E-state index in [1.54, 1.807) is 0 Å². The summed E-state index contributed by atoms with van der Waals surface area (Å²) in [5.41, 5.74) is 0. The monoisotopic (exact) mass is 223 g/mol. The quantitative estimate of drug-likeness (QED) is 0.850. The largest absolute Gasteiger partial charge is 0.379 e. The molecule has 1 aliphatic heterocycles. The predicted molar refractivity (Wildman–Crippen MR) is 64.5 cm³/mol. The van der Waals surface area contributed by atoms with E-state index in [-0.39, 0.29) is 0 Å². The average Bonchev–Trinajstić information content (AvgIpc) is 2.66. The zero-order valence-corrected chi connectivity index (χ0v) is 10.1. The Balaban J connectivity index is 1.94. The second-order valence-electron chi connectivity index (χ2n) is 4.86. The van der Waals surface area contributed by atoms with Crippen LogP contribution < -0.4 is 5.32 Å². The van der Waals surface area contributed by atoms with Crippen molar-refractivity contribution in [2.45, 2.75) is 39.3 Å². The fourth-order valence-electron chi connectivity index (χ4n) is 2.03. The molecule has 90 valence electrons. The summed E-state index contributed by atoms with van der Waals surface area (Å²) in [4.78, 5) is 4.36. The first-order chi connectivity index (χ1) is 7.75. The first-order valence-corrected chi connectivity index (χ1v) is 6.11. The number of ether oxygens (including phenoxy) is 1. The van der Waals surface area contributed by atoms with E-state index in [0.29, 0.717) is 12.0 Å². The molecule has 1 saturated heterocycles. The van der Waals surface area contributed by atoms with Crippen molar-refractivity contribution in [2.75, 3.05) is 18.5 Å². The van der Waals surface area contributed by atoms with Crippen LogP contribution in [0.3, 0.4) is 0 Å². The number of imidazole rings is 1. The van der Waals surface area contributed by atoms with Gasteiger partial charge in [0.05, 0.1) is 12.6 Å². The van der Waals surface area contributed by atoms with E-state index < -0.39 is 0 Å². The molecule has 1 aromatic heterocycles. The molecule has 4 nitrogen and oxygen atoms in total. The fourth-order valence-corrected chi connectivity index (χ4v) is 2.03. The normalized spacial score (nSPS) is 21.3. The minimum absolute atomic E-state index is 0.419. The molecular formula is C12H21N3O. The zero-order chi connectivity index (χ0) is 11.4.